The number of aromatic amines is 1. The maximum absolute atomic E-state index is 12.7. The predicted octanol–water partition coefficient (Wildman–Crippen LogP) is 1.63. The van der Waals surface area contributed by atoms with Crippen molar-refractivity contribution in [2.24, 2.45) is 0 Å². The van der Waals surface area contributed by atoms with Crippen LogP contribution >= 0.6 is 0 Å². The highest BCUT2D eigenvalue weighted by Gasteiger charge is 2.25. The van der Waals surface area contributed by atoms with E-state index in [1.807, 2.05) is 41.8 Å². The largest absolute Gasteiger partial charge is 0.328 e. The molecule has 0 unspecified atom stereocenters. The Balaban J connectivity index is 1.55. The van der Waals surface area contributed by atoms with Gasteiger partial charge < -0.3 is 9.47 Å². The van der Waals surface area contributed by atoms with Gasteiger partial charge in [-0.15, -0.1) is 10.2 Å². The fourth-order valence-corrected chi connectivity index (χ4v) is 2.83. The summed E-state index contributed by atoms with van der Waals surface area (Å²) in [5.74, 6) is 1.65. The number of aromatic nitrogens is 5. The number of benzene rings is 1. The average Bonchev–Trinajstić information content (AvgIpc) is 3.22. The molecule has 0 bridgehead atoms. The topological polar surface area (TPSA) is 79.7 Å². The number of carbonyl (C=O) groups is 1. The van der Waals surface area contributed by atoms with Crippen LogP contribution in [0.2, 0.25) is 0 Å². The first-order valence-electron chi connectivity index (χ1n) is 7.51. The van der Waals surface area contributed by atoms with Crippen molar-refractivity contribution in [1.82, 2.24) is 29.9 Å². The number of amides is 1. The molecule has 3 heterocycles. The van der Waals surface area contributed by atoms with Crippen LogP contribution in [-0.2, 0) is 13.1 Å². The van der Waals surface area contributed by atoms with Gasteiger partial charge in [0.15, 0.2) is 5.82 Å². The highest BCUT2D eigenvalue weighted by Crippen LogP contribution is 2.19. The first-order valence-corrected chi connectivity index (χ1v) is 7.51. The van der Waals surface area contributed by atoms with Crippen LogP contribution in [-0.4, -0.2) is 42.3 Å². The molecule has 7 nitrogen and oxygen atoms in total. The number of H-pyrrole nitrogens is 1. The molecule has 0 atom stereocenters. The van der Waals surface area contributed by atoms with Gasteiger partial charge in [0, 0.05) is 18.7 Å². The summed E-state index contributed by atoms with van der Waals surface area (Å²) in [6, 6.07) is 11.6. The Hall–Kier alpha value is -2.96. The SMILES string of the molecule is Cc1nnc2n1CCN(C(=O)c1cc(-c3ccccc3)n[nH]1)C2. The zero-order chi connectivity index (χ0) is 15.8. The van der Waals surface area contributed by atoms with Crippen molar-refractivity contribution in [2.75, 3.05) is 6.54 Å². The predicted molar refractivity (Wildman–Crippen MR) is 83.5 cm³/mol. The van der Waals surface area contributed by atoms with Crippen LogP contribution in [0.15, 0.2) is 36.4 Å². The highest BCUT2D eigenvalue weighted by molar-refractivity contribution is 5.93. The van der Waals surface area contributed by atoms with Gasteiger partial charge in [0.1, 0.15) is 11.5 Å². The molecule has 0 saturated heterocycles. The van der Waals surface area contributed by atoms with Crippen molar-refractivity contribution in [3.05, 3.63) is 53.7 Å². The molecule has 0 aliphatic carbocycles. The van der Waals surface area contributed by atoms with Gasteiger partial charge >= 0.3 is 0 Å². The smallest absolute Gasteiger partial charge is 0.272 e. The summed E-state index contributed by atoms with van der Waals surface area (Å²) in [5, 5.41) is 15.3. The molecule has 3 aromatic rings. The van der Waals surface area contributed by atoms with Crippen molar-refractivity contribution in [3.8, 4) is 11.3 Å². The number of hydrogen-bond donors (Lipinski definition) is 1. The summed E-state index contributed by atoms with van der Waals surface area (Å²) in [4.78, 5) is 14.4. The van der Waals surface area contributed by atoms with E-state index in [0.717, 1.165) is 29.5 Å². The molecule has 0 spiro atoms. The second-order valence-electron chi connectivity index (χ2n) is 5.57. The minimum Gasteiger partial charge on any atom is -0.328 e. The van der Waals surface area contributed by atoms with E-state index in [2.05, 4.69) is 20.4 Å². The van der Waals surface area contributed by atoms with Gasteiger partial charge in [0.2, 0.25) is 0 Å². The molecular weight excluding hydrogens is 292 g/mol. The van der Waals surface area contributed by atoms with Crippen LogP contribution in [0.5, 0.6) is 0 Å². The fourth-order valence-electron chi connectivity index (χ4n) is 2.83. The minimum absolute atomic E-state index is 0.0633. The summed E-state index contributed by atoms with van der Waals surface area (Å²) < 4.78 is 2.05. The molecule has 4 rings (SSSR count). The van der Waals surface area contributed by atoms with Crippen molar-refractivity contribution in [1.29, 1.82) is 0 Å². The fraction of sp³-hybridized carbons (Fsp3) is 0.250. The number of aryl methyl sites for hydroxylation is 1. The van der Waals surface area contributed by atoms with Crippen molar-refractivity contribution in [2.45, 2.75) is 20.0 Å². The molecule has 23 heavy (non-hydrogen) atoms. The molecular formula is C16H16N6O. The van der Waals surface area contributed by atoms with Crippen LogP contribution in [0.1, 0.15) is 22.1 Å². The Morgan fingerprint density at radius 1 is 1.17 bits per heavy atom. The third-order valence-electron chi connectivity index (χ3n) is 4.10. The second kappa shape index (κ2) is 5.35. The standard InChI is InChI=1S/C16H16N6O/c1-11-17-20-15-10-21(7-8-22(11)15)16(23)14-9-13(18-19-14)12-5-3-2-4-6-12/h2-6,9H,7-8,10H2,1H3,(H,18,19). The zero-order valence-electron chi connectivity index (χ0n) is 12.7. The molecule has 1 aliphatic heterocycles. The monoisotopic (exact) mass is 308 g/mol. The van der Waals surface area contributed by atoms with Crippen LogP contribution in [0.4, 0.5) is 0 Å². The summed E-state index contributed by atoms with van der Waals surface area (Å²) in [6.07, 6.45) is 0. The lowest BCUT2D eigenvalue weighted by molar-refractivity contribution is 0.0700. The van der Waals surface area contributed by atoms with E-state index >= 15 is 0 Å². The van der Waals surface area contributed by atoms with Gasteiger partial charge in [-0.1, -0.05) is 30.3 Å². The molecule has 1 aromatic carbocycles. The van der Waals surface area contributed by atoms with Gasteiger partial charge in [-0.05, 0) is 13.0 Å². The lowest BCUT2D eigenvalue weighted by atomic mass is 10.1. The summed E-state index contributed by atoms with van der Waals surface area (Å²) >= 11 is 0. The van der Waals surface area contributed by atoms with Crippen LogP contribution in [0, 0.1) is 6.92 Å². The van der Waals surface area contributed by atoms with E-state index in [1.54, 1.807) is 11.0 Å². The van der Waals surface area contributed by atoms with Crippen molar-refractivity contribution < 1.29 is 4.79 Å². The van der Waals surface area contributed by atoms with Crippen LogP contribution in [0.3, 0.4) is 0 Å². The Morgan fingerprint density at radius 3 is 2.83 bits per heavy atom. The summed E-state index contributed by atoms with van der Waals surface area (Å²) in [7, 11) is 0. The number of fused-ring (bicyclic) bond motifs is 1. The molecule has 0 fully saturated rings. The Kier molecular flexibility index (Phi) is 3.18. The van der Waals surface area contributed by atoms with E-state index in [-0.39, 0.29) is 5.91 Å². The van der Waals surface area contributed by atoms with Gasteiger partial charge in [-0.3, -0.25) is 9.89 Å². The first kappa shape index (κ1) is 13.7. The third kappa shape index (κ3) is 2.40. The average molecular weight is 308 g/mol. The summed E-state index contributed by atoms with van der Waals surface area (Å²) in [5.41, 5.74) is 2.25. The van der Waals surface area contributed by atoms with E-state index in [0.29, 0.717) is 18.8 Å². The number of carbonyl (C=O) groups excluding carboxylic acids is 1. The molecule has 1 N–H and O–H groups in total. The van der Waals surface area contributed by atoms with Crippen molar-refractivity contribution in [3.63, 3.8) is 0 Å². The second-order valence-corrected chi connectivity index (χ2v) is 5.57. The number of hydrogen-bond acceptors (Lipinski definition) is 4. The van der Waals surface area contributed by atoms with E-state index < -0.39 is 0 Å². The number of nitrogens with zero attached hydrogens (tertiary/aromatic N) is 5. The normalized spacial score (nSPS) is 13.9. The lowest BCUT2D eigenvalue weighted by Crippen LogP contribution is -2.38. The maximum atomic E-state index is 12.7. The van der Waals surface area contributed by atoms with Crippen LogP contribution in [0.25, 0.3) is 11.3 Å². The van der Waals surface area contributed by atoms with Crippen molar-refractivity contribution >= 4 is 5.91 Å². The number of rotatable bonds is 2. The van der Waals surface area contributed by atoms with E-state index in [1.165, 1.54) is 0 Å². The molecule has 2 aromatic heterocycles. The molecule has 0 saturated carbocycles. The minimum atomic E-state index is -0.0633. The molecule has 7 heteroatoms. The lowest BCUT2D eigenvalue weighted by Gasteiger charge is -2.27. The molecule has 1 amide bonds. The van der Waals surface area contributed by atoms with Crippen LogP contribution < -0.4 is 0 Å². The number of nitrogens with one attached hydrogen (secondary N) is 1. The quantitative estimate of drug-likeness (QED) is 0.780. The molecule has 1 aliphatic rings. The zero-order valence-corrected chi connectivity index (χ0v) is 12.7. The van der Waals surface area contributed by atoms with Gasteiger partial charge in [0.05, 0.1) is 12.2 Å². The molecule has 0 radical (unpaired) electrons. The third-order valence-corrected chi connectivity index (χ3v) is 4.10. The van der Waals surface area contributed by atoms with E-state index in [9.17, 15) is 4.79 Å². The Labute approximate surface area is 133 Å². The molecule has 116 valence electrons. The Bertz CT molecular complexity index is 851. The first-order chi connectivity index (χ1) is 11.2. The van der Waals surface area contributed by atoms with Gasteiger partial charge in [-0.25, -0.2) is 0 Å². The van der Waals surface area contributed by atoms with Gasteiger partial charge in [-0.2, -0.15) is 5.10 Å². The summed E-state index contributed by atoms with van der Waals surface area (Å²) in [6.45, 7) is 3.76. The van der Waals surface area contributed by atoms with Gasteiger partial charge in [0.25, 0.3) is 5.91 Å². The Morgan fingerprint density at radius 2 is 2.00 bits per heavy atom. The highest BCUT2D eigenvalue weighted by atomic mass is 16.2. The maximum Gasteiger partial charge on any atom is 0.272 e. The van der Waals surface area contributed by atoms with E-state index in [4.69, 9.17) is 0 Å².